The van der Waals surface area contributed by atoms with Gasteiger partial charge in [0, 0.05) is 18.0 Å². The predicted octanol–water partition coefficient (Wildman–Crippen LogP) is 4.80. The molecule has 1 unspecified atom stereocenters. The number of alkyl halides is 3. The van der Waals surface area contributed by atoms with Gasteiger partial charge in [-0.3, -0.25) is 14.3 Å². The summed E-state index contributed by atoms with van der Waals surface area (Å²) in [4.78, 5) is 16.1. The number of halogens is 5. The number of thioether (sulfide) groups is 1. The van der Waals surface area contributed by atoms with E-state index in [0.717, 1.165) is 11.8 Å². The molecule has 1 aromatic carbocycles. The maximum Gasteiger partial charge on any atom is 0.405 e. The second-order valence-corrected chi connectivity index (χ2v) is 8.20. The Labute approximate surface area is 183 Å². The van der Waals surface area contributed by atoms with E-state index in [1.165, 1.54) is 6.92 Å². The van der Waals surface area contributed by atoms with Gasteiger partial charge < -0.3 is 5.32 Å². The molecular weight excluding hydrogens is 462 g/mol. The lowest BCUT2D eigenvalue weighted by atomic mass is 10.2. The fraction of sp³-hybridized carbons (Fsp3) is 0.222. The highest BCUT2D eigenvalue weighted by molar-refractivity contribution is 8.00. The molecule has 12 heteroatoms. The van der Waals surface area contributed by atoms with E-state index in [-0.39, 0.29) is 0 Å². The Hall–Kier alpha value is -2.30. The van der Waals surface area contributed by atoms with E-state index in [2.05, 4.69) is 15.2 Å². The van der Waals surface area contributed by atoms with Gasteiger partial charge in [0.05, 0.1) is 21.0 Å². The average Bonchev–Trinajstić information content (AvgIpc) is 3.11. The highest BCUT2D eigenvalue weighted by atomic mass is 35.5. The maximum absolute atomic E-state index is 12.4. The van der Waals surface area contributed by atoms with Crippen LogP contribution in [0.15, 0.2) is 47.9 Å². The van der Waals surface area contributed by atoms with Crippen LogP contribution in [0.3, 0.4) is 0 Å². The highest BCUT2D eigenvalue weighted by Crippen LogP contribution is 2.32. The van der Waals surface area contributed by atoms with Crippen LogP contribution in [0.25, 0.3) is 17.1 Å². The largest absolute Gasteiger partial charge is 0.405 e. The molecule has 2 heterocycles. The van der Waals surface area contributed by atoms with Gasteiger partial charge in [-0.05, 0) is 37.3 Å². The predicted molar refractivity (Wildman–Crippen MR) is 109 cm³/mol. The number of benzene rings is 1. The zero-order valence-corrected chi connectivity index (χ0v) is 17.6. The standard InChI is InChI=1S/C18H14Cl2F3N5OS/c1-10(16(29)25-9-18(21,22)23)30-17-27-26-15(11-3-2-6-24-8-11)28(17)12-4-5-13(19)14(20)7-12/h2-8,10H,9H2,1H3,(H,25,29). The summed E-state index contributed by atoms with van der Waals surface area (Å²) >= 11 is 13.1. The Morgan fingerprint density at radius 1 is 1.23 bits per heavy atom. The quantitative estimate of drug-likeness (QED) is 0.518. The Morgan fingerprint density at radius 2 is 2.00 bits per heavy atom. The fourth-order valence-corrected chi connectivity index (χ4v) is 3.61. The van der Waals surface area contributed by atoms with Gasteiger partial charge in [-0.15, -0.1) is 10.2 Å². The minimum absolute atomic E-state index is 0.293. The van der Waals surface area contributed by atoms with Crippen LogP contribution < -0.4 is 5.32 Å². The first-order valence-electron chi connectivity index (χ1n) is 8.48. The van der Waals surface area contributed by atoms with Crippen molar-refractivity contribution in [1.82, 2.24) is 25.1 Å². The molecule has 0 spiro atoms. The number of aromatic nitrogens is 4. The van der Waals surface area contributed by atoms with Crippen LogP contribution in [0.4, 0.5) is 13.2 Å². The molecule has 0 aliphatic rings. The number of amides is 1. The van der Waals surface area contributed by atoms with Gasteiger partial charge in [-0.1, -0.05) is 35.0 Å². The van der Waals surface area contributed by atoms with Gasteiger partial charge in [-0.25, -0.2) is 0 Å². The lowest BCUT2D eigenvalue weighted by molar-refractivity contribution is -0.137. The molecule has 1 amide bonds. The molecule has 30 heavy (non-hydrogen) atoms. The summed E-state index contributed by atoms with van der Waals surface area (Å²) in [7, 11) is 0. The van der Waals surface area contributed by atoms with Gasteiger partial charge in [-0.2, -0.15) is 13.2 Å². The summed E-state index contributed by atoms with van der Waals surface area (Å²) in [5.41, 5.74) is 1.22. The lowest BCUT2D eigenvalue weighted by Crippen LogP contribution is -2.38. The molecule has 0 radical (unpaired) electrons. The number of hydrogen-bond donors (Lipinski definition) is 1. The second-order valence-electron chi connectivity index (χ2n) is 6.07. The van der Waals surface area contributed by atoms with Gasteiger partial charge in [0.1, 0.15) is 6.54 Å². The van der Waals surface area contributed by atoms with Crippen molar-refractivity contribution >= 4 is 40.9 Å². The summed E-state index contributed by atoms with van der Waals surface area (Å²) in [6, 6.07) is 8.39. The molecular formula is C18H14Cl2F3N5OS. The molecule has 0 bridgehead atoms. The number of carbonyl (C=O) groups is 1. The van der Waals surface area contributed by atoms with E-state index in [1.54, 1.807) is 47.3 Å². The number of rotatable bonds is 6. The maximum atomic E-state index is 12.4. The summed E-state index contributed by atoms with van der Waals surface area (Å²) in [6.07, 6.45) is -1.30. The van der Waals surface area contributed by atoms with Crippen LogP contribution in [-0.2, 0) is 4.79 Å². The zero-order valence-electron chi connectivity index (χ0n) is 15.3. The summed E-state index contributed by atoms with van der Waals surface area (Å²) < 4.78 is 38.8. The van der Waals surface area contributed by atoms with Gasteiger partial charge >= 0.3 is 6.18 Å². The smallest absolute Gasteiger partial charge is 0.346 e. The van der Waals surface area contributed by atoms with Crippen molar-refractivity contribution in [1.29, 1.82) is 0 Å². The van der Waals surface area contributed by atoms with Crippen molar-refractivity contribution in [3.05, 3.63) is 52.8 Å². The number of carbonyl (C=O) groups excluding carboxylic acids is 1. The Balaban J connectivity index is 1.96. The number of nitrogens with one attached hydrogen (secondary N) is 1. The van der Waals surface area contributed by atoms with E-state index in [1.807, 2.05) is 5.32 Å². The Morgan fingerprint density at radius 3 is 2.63 bits per heavy atom. The summed E-state index contributed by atoms with van der Waals surface area (Å²) in [5, 5.41) is 10.2. The molecule has 0 fully saturated rings. The highest BCUT2D eigenvalue weighted by Gasteiger charge is 2.29. The summed E-state index contributed by atoms with van der Waals surface area (Å²) in [5.74, 6) is -0.351. The monoisotopic (exact) mass is 475 g/mol. The molecule has 6 nitrogen and oxygen atoms in total. The Bertz CT molecular complexity index is 1050. The second kappa shape index (κ2) is 9.23. The van der Waals surface area contributed by atoms with Crippen LogP contribution in [0.2, 0.25) is 10.0 Å². The van der Waals surface area contributed by atoms with Crippen LogP contribution in [0.1, 0.15) is 6.92 Å². The van der Waals surface area contributed by atoms with Crippen molar-refractivity contribution in [3.8, 4) is 17.1 Å². The number of hydrogen-bond acceptors (Lipinski definition) is 5. The third-order valence-corrected chi connectivity index (χ3v) is 5.61. The SMILES string of the molecule is CC(Sc1nnc(-c2cccnc2)n1-c1ccc(Cl)c(Cl)c1)C(=O)NCC(F)(F)F. The molecule has 0 saturated carbocycles. The molecule has 0 saturated heterocycles. The third-order valence-electron chi connectivity index (χ3n) is 3.83. The molecule has 0 aliphatic carbocycles. The van der Waals surface area contributed by atoms with E-state index < -0.39 is 23.9 Å². The normalized spacial score (nSPS) is 12.6. The molecule has 3 rings (SSSR count). The minimum atomic E-state index is -4.49. The van der Waals surface area contributed by atoms with Crippen molar-refractivity contribution in [2.24, 2.45) is 0 Å². The van der Waals surface area contributed by atoms with E-state index in [4.69, 9.17) is 23.2 Å². The van der Waals surface area contributed by atoms with E-state index in [0.29, 0.717) is 32.3 Å². The number of pyridine rings is 1. The van der Waals surface area contributed by atoms with Crippen LogP contribution in [-0.4, -0.2) is 43.6 Å². The van der Waals surface area contributed by atoms with Crippen molar-refractivity contribution in [2.45, 2.75) is 23.5 Å². The first kappa shape index (κ1) is 22.4. The first-order valence-corrected chi connectivity index (χ1v) is 10.1. The van der Waals surface area contributed by atoms with Crippen molar-refractivity contribution in [2.75, 3.05) is 6.54 Å². The van der Waals surface area contributed by atoms with Crippen LogP contribution in [0, 0.1) is 0 Å². The summed E-state index contributed by atoms with van der Waals surface area (Å²) in [6.45, 7) is 0.0745. The van der Waals surface area contributed by atoms with E-state index >= 15 is 0 Å². The van der Waals surface area contributed by atoms with Crippen molar-refractivity contribution in [3.63, 3.8) is 0 Å². The van der Waals surface area contributed by atoms with Gasteiger partial charge in [0.15, 0.2) is 11.0 Å². The Kier molecular flexibility index (Phi) is 6.89. The van der Waals surface area contributed by atoms with E-state index in [9.17, 15) is 18.0 Å². The molecule has 3 aromatic rings. The lowest BCUT2D eigenvalue weighted by Gasteiger charge is -2.15. The van der Waals surface area contributed by atoms with Gasteiger partial charge in [0.2, 0.25) is 5.91 Å². The van der Waals surface area contributed by atoms with Crippen LogP contribution in [0.5, 0.6) is 0 Å². The molecule has 0 aliphatic heterocycles. The number of nitrogens with zero attached hydrogens (tertiary/aromatic N) is 4. The van der Waals surface area contributed by atoms with Crippen LogP contribution >= 0.6 is 35.0 Å². The fourth-order valence-electron chi connectivity index (χ4n) is 2.43. The molecule has 1 N–H and O–H groups in total. The zero-order chi connectivity index (χ0) is 21.9. The van der Waals surface area contributed by atoms with Crippen molar-refractivity contribution < 1.29 is 18.0 Å². The minimum Gasteiger partial charge on any atom is -0.346 e. The molecule has 158 valence electrons. The average molecular weight is 476 g/mol. The third kappa shape index (κ3) is 5.44. The molecule has 1 atom stereocenters. The topological polar surface area (TPSA) is 72.7 Å². The molecule has 2 aromatic heterocycles. The first-order chi connectivity index (χ1) is 14.2. The van der Waals surface area contributed by atoms with Gasteiger partial charge in [0.25, 0.3) is 0 Å².